The minimum Gasteiger partial charge on any atom is -0.444 e. The maximum absolute atomic E-state index is 12.3. The number of ether oxygens (including phenoxy) is 1. The van der Waals surface area contributed by atoms with Gasteiger partial charge in [0.15, 0.2) is 0 Å². The first-order valence-electron chi connectivity index (χ1n) is 10.5. The first-order chi connectivity index (χ1) is 13.4. The van der Waals surface area contributed by atoms with Crippen LogP contribution >= 0.6 is 11.9 Å². The summed E-state index contributed by atoms with van der Waals surface area (Å²) >= 11 is 1.65. The fourth-order valence-electron chi connectivity index (χ4n) is 4.35. The molecule has 2 saturated heterocycles. The Hall–Kier alpha value is -1.40. The van der Waals surface area contributed by atoms with E-state index in [0.717, 1.165) is 50.9 Å². The number of amides is 1. The molecule has 2 fully saturated rings. The highest BCUT2D eigenvalue weighted by Crippen LogP contribution is 2.34. The molecule has 28 heavy (non-hydrogen) atoms. The van der Waals surface area contributed by atoms with E-state index >= 15 is 0 Å². The second-order valence-corrected chi connectivity index (χ2v) is 10.0. The fraction of sp³-hybridized carbons (Fsp3) is 0.682. The number of carbonyl (C=O) groups excluding carboxylic acids is 1. The lowest BCUT2D eigenvalue weighted by atomic mass is 9.79. The molecule has 1 aromatic carbocycles. The molecular weight excluding hydrogens is 370 g/mol. The molecule has 3 rings (SSSR count). The van der Waals surface area contributed by atoms with Gasteiger partial charge in [-0.15, -0.1) is 0 Å². The number of hydrogen-bond donors (Lipinski definition) is 1. The van der Waals surface area contributed by atoms with E-state index < -0.39 is 5.60 Å². The largest absolute Gasteiger partial charge is 0.444 e. The van der Waals surface area contributed by atoms with Crippen molar-refractivity contribution in [1.82, 2.24) is 9.62 Å². The van der Waals surface area contributed by atoms with Crippen molar-refractivity contribution in [2.45, 2.75) is 57.0 Å². The summed E-state index contributed by atoms with van der Waals surface area (Å²) in [6.45, 7) is 9.73. The first-order valence-corrected chi connectivity index (χ1v) is 11.3. The van der Waals surface area contributed by atoms with Gasteiger partial charge in [-0.1, -0.05) is 0 Å². The molecule has 2 aliphatic heterocycles. The van der Waals surface area contributed by atoms with Crippen LogP contribution in [-0.4, -0.2) is 49.8 Å². The van der Waals surface area contributed by atoms with Crippen LogP contribution in [0.4, 0.5) is 10.5 Å². The van der Waals surface area contributed by atoms with Crippen LogP contribution in [0.15, 0.2) is 29.2 Å². The van der Waals surface area contributed by atoms with Crippen molar-refractivity contribution < 1.29 is 9.53 Å². The molecule has 1 amide bonds. The number of carbonyl (C=O) groups is 1. The van der Waals surface area contributed by atoms with Crippen molar-refractivity contribution in [2.75, 3.05) is 38.1 Å². The maximum atomic E-state index is 12.3. The highest BCUT2D eigenvalue weighted by atomic mass is 32.2. The minimum atomic E-state index is -0.412. The van der Waals surface area contributed by atoms with Crippen molar-refractivity contribution in [2.24, 2.45) is 11.8 Å². The summed E-state index contributed by atoms with van der Waals surface area (Å²) in [5.41, 5.74) is 0.920. The van der Waals surface area contributed by atoms with Crippen LogP contribution in [0.2, 0.25) is 0 Å². The van der Waals surface area contributed by atoms with Gasteiger partial charge in [0.05, 0.1) is 0 Å². The van der Waals surface area contributed by atoms with Crippen LogP contribution in [0, 0.1) is 11.8 Å². The van der Waals surface area contributed by atoms with Crippen LogP contribution in [0.1, 0.15) is 46.5 Å². The zero-order chi connectivity index (χ0) is 20.1. The van der Waals surface area contributed by atoms with Crippen molar-refractivity contribution in [3.05, 3.63) is 24.3 Å². The summed E-state index contributed by atoms with van der Waals surface area (Å²) in [5.74, 6) is 1.53. The van der Waals surface area contributed by atoms with E-state index in [0.29, 0.717) is 0 Å². The summed E-state index contributed by atoms with van der Waals surface area (Å²) in [6, 6.07) is 8.85. The second kappa shape index (κ2) is 9.40. The molecule has 1 N–H and O–H groups in total. The third-order valence-corrected chi connectivity index (χ3v) is 6.53. The highest BCUT2D eigenvalue weighted by molar-refractivity contribution is 7.97. The van der Waals surface area contributed by atoms with Gasteiger partial charge in [-0.05, 0) is 102 Å². The molecule has 2 heterocycles. The average Bonchev–Trinajstić information content (AvgIpc) is 2.68. The Morgan fingerprint density at radius 1 is 1.00 bits per heavy atom. The summed E-state index contributed by atoms with van der Waals surface area (Å²) in [4.78, 5) is 17.9. The van der Waals surface area contributed by atoms with Gasteiger partial charge in [0.2, 0.25) is 0 Å². The molecule has 6 heteroatoms. The Labute approximate surface area is 174 Å². The molecule has 0 unspecified atom stereocenters. The van der Waals surface area contributed by atoms with Gasteiger partial charge in [-0.25, -0.2) is 4.79 Å². The van der Waals surface area contributed by atoms with E-state index in [1.54, 1.807) is 11.9 Å². The number of piperidine rings is 2. The van der Waals surface area contributed by atoms with Gasteiger partial charge in [0.1, 0.15) is 5.60 Å². The maximum Gasteiger partial charge on any atom is 0.410 e. The molecule has 0 saturated carbocycles. The van der Waals surface area contributed by atoms with Crippen molar-refractivity contribution >= 4 is 23.7 Å². The van der Waals surface area contributed by atoms with Gasteiger partial charge in [-0.2, -0.15) is 0 Å². The van der Waals surface area contributed by atoms with Gasteiger partial charge >= 0.3 is 6.09 Å². The topological polar surface area (TPSA) is 44.8 Å². The Morgan fingerprint density at radius 3 is 2.04 bits per heavy atom. The molecule has 1 aromatic rings. The fourth-order valence-corrected chi connectivity index (χ4v) is 4.86. The minimum absolute atomic E-state index is 0.152. The van der Waals surface area contributed by atoms with Crippen LogP contribution < -0.4 is 9.62 Å². The third-order valence-electron chi connectivity index (χ3n) is 5.82. The SMILES string of the molecule is CNSc1ccc(N2CCC(C3CCN(C(=O)OC(C)(C)C)CC3)CC2)cc1. The third kappa shape index (κ3) is 5.80. The summed E-state index contributed by atoms with van der Waals surface area (Å²) in [6.07, 6.45) is 4.58. The predicted molar refractivity (Wildman–Crippen MR) is 117 cm³/mol. The Bertz CT molecular complexity index is 628. The Kier molecular flexibility index (Phi) is 7.15. The van der Waals surface area contributed by atoms with E-state index in [9.17, 15) is 4.79 Å². The lowest BCUT2D eigenvalue weighted by Crippen LogP contribution is -2.44. The molecular formula is C22H35N3O2S. The zero-order valence-corrected chi connectivity index (χ0v) is 18.6. The van der Waals surface area contributed by atoms with Crippen LogP contribution in [-0.2, 0) is 4.74 Å². The van der Waals surface area contributed by atoms with E-state index in [2.05, 4.69) is 33.9 Å². The Morgan fingerprint density at radius 2 is 1.54 bits per heavy atom. The monoisotopic (exact) mass is 405 g/mol. The summed E-state index contributed by atoms with van der Waals surface area (Å²) in [5, 5.41) is 0. The van der Waals surface area contributed by atoms with E-state index in [1.165, 1.54) is 23.4 Å². The normalized spacial score (nSPS) is 19.7. The number of hydrogen-bond acceptors (Lipinski definition) is 5. The molecule has 5 nitrogen and oxygen atoms in total. The quantitative estimate of drug-likeness (QED) is 0.731. The van der Waals surface area contributed by atoms with Gasteiger partial charge in [0.25, 0.3) is 0 Å². The molecule has 0 aromatic heterocycles. The number of benzene rings is 1. The van der Waals surface area contributed by atoms with Crippen molar-refractivity contribution in [1.29, 1.82) is 0 Å². The van der Waals surface area contributed by atoms with Crippen molar-refractivity contribution in [3.63, 3.8) is 0 Å². The molecule has 0 bridgehead atoms. The number of nitrogens with one attached hydrogen (secondary N) is 1. The Balaban J connectivity index is 1.44. The molecule has 0 atom stereocenters. The van der Waals surface area contributed by atoms with Crippen LogP contribution in [0.25, 0.3) is 0 Å². The van der Waals surface area contributed by atoms with Crippen LogP contribution in [0.5, 0.6) is 0 Å². The first kappa shape index (κ1) is 21.3. The summed E-state index contributed by atoms with van der Waals surface area (Å²) < 4.78 is 8.64. The second-order valence-electron chi connectivity index (χ2n) is 8.93. The molecule has 0 aliphatic carbocycles. The van der Waals surface area contributed by atoms with Crippen molar-refractivity contribution in [3.8, 4) is 0 Å². The zero-order valence-electron chi connectivity index (χ0n) is 17.7. The van der Waals surface area contributed by atoms with E-state index in [-0.39, 0.29) is 6.09 Å². The average molecular weight is 406 g/mol. The lowest BCUT2D eigenvalue weighted by molar-refractivity contribution is 0.0152. The van der Waals surface area contributed by atoms with E-state index in [1.807, 2.05) is 32.7 Å². The molecule has 0 spiro atoms. The smallest absolute Gasteiger partial charge is 0.410 e. The highest BCUT2D eigenvalue weighted by Gasteiger charge is 2.32. The van der Waals surface area contributed by atoms with Gasteiger partial charge in [-0.3, -0.25) is 4.72 Å². The standard InChI is InChI=1S/C22H35N3O2S/c1-22(2,3)27-21(26)25-15-11-18(12-16-25)17-9-13-24(14-10-17)19-5-7-20(8-6-19)28-23-4/h5-8,17-18,23H,9-16H2,1-4H3. The van der Waals surface area contributed by atoms with Gasteiger partial charge in [0, 0.05) is 36.8 Å². The molecule has 0 radical (unpaired) electrons. The van der Waals surface area contributed by atoms with Crippen LogP contribution in [0.3, 0.4) is 0 Å². The number of anilines is 1. The lowest BCUT2D eigenvalue weighted by Gasteiger charge is -2.41. The number of rotatable bonds is 4. The van der Waals surface area contributed by atoms with Gasteiger partial charge < -0.3 is 14.5 Å². The summed E-state index contributed by atoms with van der Waals surface area (Å²) in [7, 11) is 1.95. The van der Waals surface area contributed by atoms with E-state index in [4.69, 9.17) is 4.74 Å². The predicted octanol–water partition coefficient (Wildman–Crippen LogP) is 4.78. The molecule has 156 valence electrons. The molecule has 2 aliphatic rings. The number of likely N-dealkylation sites (tertiary alicyclic amines) is 1. The number of nitrogens with zero attached hydrogens (tertiary/aromatic N) is 2.